The number of esters is 2. The van der Waals surface area contributed by atoms with Gasteiger partial charge in [0.2, 0.25) is 5.75 Å². The van der Waals surface area contributed by atoms with Crippen molar-refractivity contribution in [2.75, 3.05) is 48.8 Å². The van der Waals surface area contributed by atoms with Gasteiger partial charge in [0.1, 0.15) is 102 Å². The van der Waals surface area contributed by atoms with Crippen LogP contribution in [0.1, 0.15) is 22.8 Å². The van der Waals surface area contributed by atoms with Crippen molar-refractivity contribution < 1.29 is 102 Å². The van der Waals surface area contributed by atoms with Crippen LogP contribution >= 0.6 is 0 Å². The van der Waals surface area contributed by atoms with E-state index in [1.165, 1.54) is 96.2 Å². The first-order chi connectivity index (χ1) is 34.5. The van der Waals surface area contributed by atoms with Crippen molar-refractivity contribution in [1.29, 1.82) is 0 Å². The number of aliphatic hydroxyl groups excluding tert-OH is 5. The van der Waals surface area contributed by atoms with E-state index in [9.17, 15) is 55.2 Å². The van der Waals surface area contributed by atoms with Crippen LogP contribution in [0, 0.1) is 0 Å². The molecule has 7 rings (SSSR count). The number of fused-ring (bicyclic) bond motifs is 1. The second kappa shape index (κ2) is 22.8. The van der Waals surface area contributed by atoms with Crippen LogP contribution in [0.25, 0.3) is 34.4 Å². The molecule has 8 N–H and O–H groups in total. The monoisotopic (exact) mass is 1000 g/mol. The zero-order valence-corrected chi connectivity index (χ0v) is 39.1. The molecule has 1 aromatic heterocycles. The molecule has 0 radical (unpaired) electrons. The van der Waals surface area contributed by atoms with E-state index in [1.54, 1.807) is 12.1 Å². The van der Waals surface area contributed by atoms with E-state index in [1.807, 2.05) is 0 Å². The summed E-state index contributed by atoms with van der Waals surface area (Å²) in [5.74, 6) is -1.96. The van der Waals surface area contributed by atoms with Gasteiger partial charge in [-0.25, -0.2) is 9.59 Å². The van der Waals surface area contributed by atoms with Crippen LogP contribution in [0.2, 0.25) is 0 Å². The number of hydrogen-bond acceptors (Lipinski definition) is 22. The lowest BCUT2D eigenvalue weighted by atomic mass is 9.89. The Morgan fingerprint density at radius 3 is 1.78 bits per heavy atom. The summed E-state index contributed by atoms with van der Waals surface area (Å²) in [6.07, 6.45) is -14.1. The summed E-state index contributed by atoms with van der Waals surface area (Å²) >= 11 is 0. The molecule has 0 spiro atoms. The summed E-state index contributed by atoms with van der Waals surface area (Å²) in [6.45, 7) is -1.45. The molecule has 2 aliphatic heterocycles. The predicted molar refractivity (Wildman–Crippen MR) is 250 cm³/mol. The molecule has 0 aliphatic carbocycles. The van der Waals surface area contributed by atoms with Crippen molar-refractivity contribution in [2.24, 2.45) is 0 Å². The smallest absolute Gasteiger partial charge is 0.330 e. The lowest BCUT2D eigenvalue weighted by molar-refractivity contribution is -0.342. The molecule has 0 amide bonds. The normalized spacial score (nSPS) is 24.2. The molecule has 0 unspecified atom stereocenters. The molecule has 72 heavy (non-hydrogen) atoms. The van der Waals surface area contributed by atoms with Crippen LogP contribution < -0.4 is 29.1 Å². The minimum absolute atomic E-state index is 0.0455. The average molecular weight is 1000 g/mol. The summed E-state index contributed by atoms with van der Waals surface area (Å²) < 4.78 is 61.7. The molecular formula is C50H52O22. The Morgan fingerprint density at radius 2 is 1.18 bits per heavy atom. The lowest BCUT2D eigenvalue weighted by Gasteiger charge is -2.46. The molecule has 22 nitrogen and oxygen atoms in total. The summed E-state index contributed by atoms with van der Waals surface area (Å²) in [7, 11) is 6.80. The van der Waals surface area contributed by atoms with E-state index in [0.717, 1.165) is 18.2 Å². The molecule has 384 valence electrons. The van der Waals surface area contributed by atoms with Gasteiger partial charge in [-0.1, -0.05) is 6.07 Å². The van der Waals surface area contributed by atoms with Crippen molar-refractivity contribution in [3.05, 3.63) is 106 Å². The van der Waals surface area contributed by atoms with Crippen LogP contribution in [0.3, 0.4) is 0 Å². The Morgan fingerprint density at radius 1 is 0.611 bits per heavy atom. The number of hydrogen-bond donors (Lipinski definition) is 8. The SMILES string of the molecule is COc1cc(/C=C/C(=O)OC[C@H]2O[C@@H](O[C@@H]3[C@@H](O)[C@H](O)[C@@H](COC(=O)/C=C/c4cc(OC)c(OC)c(OC)c4)O[C@H]3c3c(OC)cc4oc(-c5ccc(O)cc5)cc(=O)c4c3O)[C@H](O)[C@@H](O)[C@@H]2O)ccc1O. The van der Waals surface area contributed by atoms with Gasteiger partial charge in [-0.15, -0.1) is 0 Å². The third-order valence-corrected chi connectivity index (χ3v) is 11.8. The number of methoxy groups -OCH3 is 5. The van der Waals surface area contributed by atoms with Gasteiger partial charge in [-0.05, 0) is 71.8 Å². The molecular weight excluding hydrogens is 953 g/mol. The molecule has 10 atom stereocenters. The fourth-order valence-electron chi connectivity index (χ4n) is 8.04. The number of benzene rings is 4. The molecule has 0 bridgehead atoms. The Kier molecular flexibility index (Phi) is 16.6. The second-order valence-corrected chi connectivity index (χ2v) is 16.2. The fraction of sp³-hybridized carbons (Fsp3) is 0.340. The highest BCUT2D eigenvalue weighted by atomic mass is 16.7. The van der Waals surface area contributed by atoms with Crippen LogP contribution in [-0.2, 0) is 33.3 Å². The maximum atomic E-state index is 13.8. The molecule has 2 fully saturated rings. The predicted octanol–water partition coefficient (Wildman–Crippen LogP) is 2.49. The summed E-state index contributed by atoms with van der Waals surface area (Å²) in [5.41, 5.74) is -0.0236. The van der Waals surface area contributed by atoms with Gasteiger partial charge in [0.15, 0.2) is 34.7 Å². The highest BCUT2D eigenvalue weighted by Crippen LogP contribution is 2.47. The molecule has 4 aromatic carbocycles. The first-order valence-electron chi connectivity index (χ1n) is 21.9. The van der Waals surface area contributed by atoms with Gasteiger partial charge in [-0.3, -0.25) is 4.79 Å². The minimum atomic E-state index is -2.07. The highest BCUT2D eigenvalue weighted by molar-refractivity contribution is 5.89. The minimum Gasteiger partial charge on any atom is -0.508 e. The average Bonchev–Trinajstić information content (AvgIpc) is 3.38. The van der Waals surface area contributed by atoms with Crippen molar-refractivity contribution in [2.45, 2.75) is 61.2 Å². The maximum absolute atomic E-state index is 13.8. The van der Waals surface area contributed by atoms with Gasteiger partial charge in [0.25, 0.3) is 0 Å². The van der Waals surface area contributed by atoms with Crippen LogP contribution in [-0.4, -0.2) is 157 Å². The largest absolute Gasteiger partial charge is 0.508 e. The van der Waals surface area contributed by atoms with E-state index >= 15 is 0 Å². The molecule has 22 heteroatoms. The Bertz CT molecular complexity index is 2830. The first-order valence-corrected chi connectivity index (χ1v) is 21.9. The summed E-state index contributed by atoms with van der Waals surface area (Å²) in [5, 5.41) is 87.7. The van der Waals surface area contributed by atoms with E-state index in [2.05, 4.69) is 0 Å². The van der Waals surface area contributed by atoms with Crippen molar-refractivity contribution >= 4 is 35.1 Å². The number of phenols is 3. The third-order valence-electron chi connectivity index (χ3n) is 11.8. The standard InChI is InChI=1S/C50H52O22/c1-62-30-16-23(6-13-27(30)52)7-14-37(54)68-22-36-41(56)44(59)46(61)50(71-36)72-49-45(60)42(57)35(21-67-38(55)15-8-24-17-33(64-3)47(66-5)34(18-24)65-4)70-48(49)40-31(63-2)20-32-39(43(40)58)28(53)19-29(69-32)25-9-11-26(51)12-10-25/h6-20,35-36,41-42,44-46,48-52,56-61H,21-22H2,1-5H3/b14-7+,15-8+/t35-,36-,41-,42-,44+,45+,46-,48+,49-,50+/m1/s1. The highest BCUT2D eigenvalue weighted by Gasteiger charge is 2.52. The molecule has 2 saturated heterocycles. The van der Waals surface area contributed by atoms with Crippen LogP contribution in [0.15, 0.2) is 88.1 Å². The van der Waals surface area contributed by atoms with Gasteiger partial charge < -0.3 is 92.6 Å². The Labute approximate surface area is 409 Å². The Hall–Kier alpha value is -7.41. The number of ether oxygens (including phenoxy) is 10. The number of rotatable bonds is 17. The zero-order chi connectivity index (χ0) is 52.0. The zero-order valence-electron chi connectivity index (χ0n) is 39.1. The van der Waals surface area contributed by atoms with E-state index in [-0.39, 0.29) is 39.9 Å². The Balaban J connectivity index is 1.18. The molecule has 2 aliphatic rings. The fourth-order valence-corrected chi connectivity index (χ4v) is 8.04. The van der Waals surface area contributed by atoms with Gasteiger partial charge in [-0.2, -0.15) is 0 Å². The van der Waals surface area contributed by atoms with Gasteiger partial charge >= 0.3 is 11.9 Å². The first kappa shape index (κ1) is 52.4. The number of aliphatic hydroxyl groups is 5. The molecule has 0 saturated carbocycles. The second-order valence-electron chi connectivity index (χ2n) is 16.2. The van der Waals surface area contributed by atoms with E-state index < -0.39 is 103 Å². The summed E-state index contributed by atoms with van der Waals surface area (Å²) in [6, 6.07) is 15.5. The van der Waals surface area contributed by atoms with Gasteiger partial charge in [0, 0.05) is 29.8 Å². The van der Waals surface area contributed by atoms with Crippen molar-refractivity contribution in [3.8, 4) is 57.3 Å². The van der Waals surface area contributed by atoms with Crippen molar-refractivity contribution in [1.82, 2.24) is 0 Å². The molecule has 3 heterocycles. The van der Waals surface area contributed by atoms with Crippen LogP contribution in [0.5, 0.6) is 46.0 Å². The number of phenolic OH excluding ortho intramolecular Hbond substituents is 3. The van der Waals surface area contributed by atoms with Crippen molar-refractivity contribution in [3.63, 3.8) is 0 Å². The number of aromatic hydroxyl groups is 3. The lowest BCUT2D eigenvalue weighted by Crippen LogP contribution is -2.63. The van der Waals surface area contributed by atoms with E-state index in [0.29, 0.717) is 33.9 Å². The van der Waals surface area contributed by atoms with Crippen LogP contribution in [0.4, 0.5) is 0 Å². The quantitative estimate of drug-likeness (QED) is 0.0490. The maximum Gasteiger partial charge on any atom is 0.330 e. The van der Waals surface area contributed by atoms with E-state index in [4.69, 9.17) is 51.8 Å². The number of carbonyl (C=O) groups is 2. The summed E-state index contributed by atoms with van der Waals surface area (Å²) in [4.78, 5) is 39.7. The number of carbonyl (C=O) groups excluding carboxylic acids is 2. The van der Waals surface area contributed by atoms with Gasteiger partial charge in [0.05, 0.1) is 41.1 Å². The topological polar surface area (TPSA) is 318 Å². The molecule has 5 aromatic rings. The third kappa shape index (κ3) is 11.2.